The predicted octanol–water partition coefficient (Wildman–Crippen LogP) is 3.31. The summed E-state index contributed by atoms with van der Waals surface area (Å²) in [5.74, 6) is 0.226. The van der Waals surface area contributed by atoms with E-state index in [9.17, 15) is 4.79 Å². The van der Waals surface area contributed by atoms with Crippen LogP contribution in [-0.2, 0) is 24.2 Å². The molecule has 0 atom stereocenters. The van der Waals surface area contributed by atoms with E-state index in [2.05, 4.69) is 23.5 Å². The smallest absolute Gasteiger partial charge is 0.255 e. The molecule has 0 unspecified atom stereocenters. The first-order chi connectivity index (χ1) is 12.1. The van der Waals surface area contributed by atoms with Crippen LogP contribution < -0.4 is 20.5 Å². The van der Waals surface area contributed by atoms with E-state index < -0.39 is 5.91 Å². The number of methoxy groups -OCH3 is 1. The van der Waals surface area contributed by atoms with Gasteiger partial charge in [-0.25, -0.2) is 0 Å². The van der Waals surface area contributed by atoms with E-state index in [1.807, 2.05) is 6.07 Å². The molecule has 3 N–H and O–H groups in total. The molecule has 0 bridgehead atoms. The zero-order valence-corrected chi connectivity index (χ0v) is 14.9. The number of rotatable bonds is 7. The second-order valence-corrected chi connectivity index (χ2v) is 6.46. The van der Waals surface area contributed by atoms with Gasteiger partial charge in [0, 0.05) is 12.2 Å². The molecule has 2 aromatic rings. The lowest BCUT2D eigenvalue weighted by Crippen LogP contribution is -2.20. The number of ether oxygens (including phenoxy) is 2. The first-order valence-corrected chi connectivity index (χ1v) is 8.58. The van der Waals surface area contributed by atoms with Crippen LogP contribution in [0.3, 0.4) is 0 Å². The third-order valence-electron chi connectivity index (χ3n) is 4.24. The van der Waals surface area contributed by atoms with Crippen molar-refractivity contribution < 1.29 is 14.3 Å². The number of amides is 1. The van der Waals surface area contributed by atoms with Gasteiger partial charge in [0.05, 0.1) is 12.1 Å². The van der Waals surface area contributed by atoms with Crippen molar-refractivity contribution in [3.05, 3.63) is 52.0 Å². The van der Waals surface area contributed by atoms with Crippen molar-refractivity contribution in [3.63, 3.8) is 0 Å². The summed E-state index contributed by atoms with van der Waals surface area (Å²) in [4.78, 5) is 10.9. The van der Waals surface area contributed by atoms with Gasteiger partial charge in [-0.1, -0.05) is 17.7 Å². The highest BCUT2D eigenvalue weighted by Gasteiger charge is 2.14. The molecule has 1 amide bonds. The van der Waals surface area contributed by atoms with E-state index >= 15 is 0 Å². The Labute approximate surface area is 152 Å². The van der Waals surface area contributed by atoms with E-state index in [-0.39, 0.29) is 6.61 Å². The summed E-state index contributed by atoms with van der Waals surface area (Å²) in [7, 11) is 1.53. The van der Waals surface area contributed by atoms with Crippen LogP contribution in [0.15, 0.2) is 30.3 Å². The lowest BCUT2D eigenvalue weighted by atomic mass is 10.1. The molecular formula is C19H21ClN2O3. The number of fused-ring (bicyclic) bond motifs is 1. The monoisotopic (exact) mass is 360 g/mol. The molecule has 3 rings (SSSR count). The summed E-state index contributed by atoms with van der Waals surface area (Å²) < 4.78 is 10.7. The Bertz CT molecular complexity index is 792. The Morgan fingerprint density at radius 3 is 2.80 bits per heavy atom. The fourth-order valence-corrected chi connectivity index (χ4v) is 3.33. The molecule has 132 valence electrons. The molecule has 25 heavy (non-hydrogen) atoms. The van der Waals surface area contributed by atoms with Gasteiger partial charge >= 0.3 is 0 Å². The Kier molecular flexibility index (Phi) is 5.34. The topological polar surface area (TPSA) is 73.6 Å². The quantitative estimate of drug-likeness (QED) is 0.794. The summed E-state index contributed by atoms with van der Waals surface area (Å²) in [6, 6.07) is 10.1. The van der Waals surface area contributed by atoms with Crippen molar-refractivity contribution in [2.24, 2.45) is 5.73 Å². The first-order valence-electron chi connectivity index (χ1n) is 8.20. The number of halogens is 1. The molecule has 0 spiro atoms. The van der Waals surface area contributed by atoms with E-state index in [1.165, 1.54) is 31.1 Å². The number of carbonyl (C=O) groups excluding carboxylic acids is 1. The highest BCUT2D eigenvalue weighted by molar-refractivity contribution is 6.32. The summed E-state index contributed by atoms with van der Waals surface area (Å²) in [6.07, 6.45) is 3.56. The zero-order valence-electron chi connectivity index (χ0n) is 14.1. The standard InChI is InChI=1S/C19H21ClN2O3/c1-24-17-8-12(7-16(20)19(17)25-11-18(21)23)10-22-15-6-5-13-3-2-4-14(13)9-15/h5-9,22H,2-4,10-11H2,1H3,(H2,21,23). The lowest BCUT2D eigenvalue weighted by molar-refractivity contribution is -0.119. The van der Waals surface area contributed by atoms with Crippen molar-refractivity contribution in [2.75, 3.05) is 19.0 Å². The average Bonchev–Trinajstić information content (AvgIpc) is 3.06. The van der Waals surface area contributed by atoms with Crippen molar-refractivity contribution in [3.8, 4) is 11.5 Å². The molecule has 5 nitrogen and oxygen atoms in total. The third kappa shape index (κ3) is 4.17. The van der Waals surface area contributed by atoms with E-state index in [1.54, 1.807) is 6.07 Å². The molecule has 6 heteroatoms. The summed E-state index contributed by atoms with van der Waals surface area (Å²) in [5.41, 5.74) is 10.0. The highest BCUT2D eigenvalue weighted by atomic mass is 35.5. The molecule has 0 saturated carbocycles. The van der Waals surface area contributed by atoms with E-state index in [0.29, 0.717) is 23.1 Å². The third-order valence-corrected chi connectivity index (χ3v) is 4.52. The molecule has 1 aliphatic rings. The van der Waals surface area contributed by atoms with Crippen LogP contribution in [0, 0.1) is 0 Å². The van der Waals surface area contributed by atoms with Gasteiger partial charge in [0.2, 0.25) is 0 Å². The molecule has 1 aliphatic carbocycles. The van der Waals surface area contributed by atoms with E-state index in [0.717, 1.165) is 17.7 Å². The Morgan fingerprint density at radius 1 is 1.24 bits per heavy atom. The second kappa shape index (κ2) is 7.66. The molecule has 0 aromatic heterocycles. The van der Waals surface area contributed by atoms with Gasteiger partial charge in [-0.05, 0) is 60.2 Å². The minimum absolute atomic E-state index is 0.247. The van der Waals surface area contributed by atoms with Gasteiger partial charge in [-0.15, -0.1) is 0 Å². The van der Waals surface area contributed by atoms with Crippen molar-refractivity contribution in [1.29, 1.82) is 0 Å². The van der Waals surface area contributed by atoms with Gasteiger partial charge in [0.1, 0.15) is 0 Å². The number of anilines is 1. The van der Waals surface area contributed by atoms with Gasteiger partial charge < -0.3 is 20.5 Å². The van der Waals surface area contributed by atoms with Crippen LogP contribution >= 0.6 is 11.6 Å². The number of carbonyl (C=O) groups is 1. The minimum atomic E-state index is -0.569. The molecule has 0 aliphatic heterocycles. The minimum Gasteiger partial charge on any atom is -0.493 e. The van der Waals surface area contributed by atoms with Crippen LogP contribution in [0.5, 0.6) is 11.5 Å². The number of benzene rings is 2. The Morgan fingerprint density at radius 2 is 2.04 bits per heavy atom. The fourth-order valence-electron chi connectivity index (χ4n) is 3.04. The molecule has 0 heterocycles. The molecule has 0 fully saturated rings. The van der Waals surface area contributed by atoms with Crippen LogP contribution in [-0.4, -0.2) is 19.6 Å². The SMILES string of the molecule is COc1cc(CNc2ccc3c(c2)CCC3)cc(Cl)c1OCC(N)=O. The zero-order chi connectivity index (χ0) is 17.8. The maximum Gasteiger partial charge on any atom is 0.255 e. The van der Waals surface area contributed by atoms with Crippen LogP contribution in [0.1, 0.15) is 23.1 Å². The largest absolute Gasteiger partial charge is 0.493 e. The van der Waals surface area contributed by atoms with Crippen LogP contribution in [0.4, 0.5) is 5.69 Å². The van der Waals surface area contributed by atoms with Crippen molar-refractivity contribution >= 4 is 23.2 Å². The second-order valence-electron chi connectivity index (χ2n) is 6.05. The average molecular weight is 361 g/mol. The Balaban J connectivity index is 1.72. The molecular weight excluding hydrogens is 340 g/mol. The van der Waals surface area contributed by atoms with Crippen molar-refractivity contribution in [2.45, 2.75) is 25.8 Å². The summed E-state index contributed by atoms with van der Waals surface area (Å²) in [6.45, 7) is 0.355. The first kappa shape index (κ1) is 17.4. The maximum absolute atomic E-state index is 10.9. The fraction of sp³-hybridized carbons (Fsp3) is 0.316. The molecule has 0 saturated heterocycles. The number of aryl methyl sites for hydroxylation is 2. The maximum atomic E-state index is 10.9. The van der Waals surface area contributed by atoms with Gasteiger partial charge in [-0.3, -0.25) is 4.79 Å². The van der Waals surface area contributed by atoms with E-state index in [4.69, 9.17) is 26.8 Å². The predicted molar refractivity (Wildman–Crippen MR) is 98.5 cm³/mol. The summed E-state index contributed by atoms with van der Waals surface area (Å²) in [5, 5.41) is 3.79. The lowest BCUT2D eigenvalue weighted by Gasteiger charge is -2.14. The molecule has 0 radical (unpaired) electrons. The number of hydrogen-bond donors (Lipinski definition) is 2. The van der Waals surface area contributed by atoms with Gasteiger partial charge in [0.25, 0.3) is 5.91 Å². The number of nitrogens with one attached hydrogen (secondary N) is 1. The van der Waals surface area contributed by atoms with Gasteiger partial charge in [0.15, 0.2) is 18.1 Å². The number of hydrogen-bond acceptors (Lipinski definition) is 4. The normalized spacial score (nSPS) is 12.6. The van der Waals surface area contributed by atoms with Crippen LogP contribution in [0.25, 0.3) is 0 Å². The highest BCUT2D eigenvalue weighted by Crippen LogP contribution is 2.36. The van der Waals surface area contributed by atoms with Crippen molar-refractivity contribution in [1.82, 2.24) is 0 Å². The number of primary amides is 1. The van der Waals surface area contributed by atoms with Crippen LogP contribution in [0.2, 0.25) is 5.02 Å². The summed E-state index contributed by atoms with van der Waals surface area (Å²) >= 11 is 6.27. The number of nitrogens with two attached hydrogens (primary N) is 1. The van der Waals surface area contributed by atoms with Gasteiger partial charge in [-0.2, -0.15) is 0 Å². The Hall–Kier alpha value is -2.40. The molecule has 2 aromatic carbocycles.